The lowest BCUT2D eigenvalue weighted by Gasteiger charge is -1.97. The van der Waals surface area contributed by atoms with Crippen molar-refractivity contribution in [3.8, 4) is 0 Å². The molecule has 0 amide bonds. The summed E-state index contributed by atoms with van der Waals surface area (Å²) < 4.78 is 1.44. The Kier molecular flexibility index (Phi) is 2.36. The molecule has 0 spiro atoms. The Bertz CT molecular complexity index is 412. The Morgan fingerprint density at radius 2 is 2.00 bits per heavy atom. The first-order valence-electron chi connectivity index (χ1n) is 4.84. The molecule has 68 valence electrons. The third-order valence-corrected chi connectivity index (χ3v) is 3.50. The average molecular weight is 190 g/mol. The van der Waals surface area contributed by atoms with E-state index in [4.69, 9.17) is 0 Å². The molecule has 0 aliphatic carbocycles. The number of hydrogen-bond donors (Lipinski definition) is 0. The van der Waals surface area contributed by atoms with Gasteiger partial charge < -0.3 is 0 Å². The van der Waals surface area contributed by atoms with Crippen molar-refractivity contribution in [3.05, 3.63) is 34.7 Å². The second-order valence-corrected chi connectivity index (χ2v) is 4.21. The van der Waals surface area contributed by atoms with E-state index in [-0.39, 0.29) is 0 Å². The zero-order chi connectivity index (χ0) is 9.26. The molecular weight excluding hydrogens is 176 g/mol. The number of hydrogen-bond acceptors (Lipinski definition) is 1. The van der Waals surface area contributed by atoms with E-state index in [1.165, 1.54) is 21.2 Å². The van der Waals surface area contributed by atoms with Crippen LogP contribution in [-0.2, 0) is 12.8 Å². The molecule has 1 aromatic heterocycles. The first kappa shape index (κ1) is 8.76. The van der Waals surface area contributed by atoms with Crippen molar-refractivity contribution >= 4 is 21.4 Å². The minimum Gasteiger partial charge on any atom is -0.144 e. The third-order valence-electron chi connectivity index (χ3n) is 2.51. The Labute approximate surface area is 83.2 Å². The van der Waals surface area contributed by atoms with Gasteiger partial charge in [0.25, 0.3) is 0 Å². The highest BCUT2D eigenvalue weighted by Crippen LogP contribution is 2.27. The molecule has 2 aromatic rings. The van der Waals surface area contributed by atoms with Crippen molar-refractivity contribution in [2.75, 3.05) is 0 Å². The van der Waals surface area contributed by atoms with Gasteiger partial charge in [-0.25, -0.2) is 0 Å². The Balaban J connectivity index is 2.61. The predicted molar refractivity (Wildman–Crippen MR) is 60.6 cm³/mol. The van der Waals surface area contributed by atoms with Gasteiger partial charge in [-0.1, -0.05) is 26.0 Å². The van der Waals surface area contributed by atoms with Crippen LogP contribution in [0.25, 0.3) is 10.1 Å². The van der Waals surface area contributed by atoms with Crippen LogP contribution in [0.1, 0.15) is 25.0 Å². The minimum atomic E-state index is 1.13. The highest BCUT2D eigenvalue weighted by molar-refractivity contribution is 7.17. The SMILES string of the molecule is CCc1ccc2c(CC)csc2c1. The molecule has 0 bridgehead atoms. The van der Waals surface area contributed by atoms with Crippen LogP contribution in [0.4, 0.5) is 0 Å². The van der Waals surface area contributed by atoms with Gasteiger partial charge >= 0.3 is 0 Å². The average Bonchev–Trinajstić information content (AvgIpc) is 2.59. The largest absolute Gasteiger partial charge is 0.144 e. The summed E-state index contributed by atoms with van der Waals surface area (Å²) in [6.07, 6.45) is 2.28. The molecule has 2 rings (SSSR count). The molecular formula is C12H14S. The molecule has 0 saturated heterocycles. The Hall–Kier alpha value is -0.820. The van der Waals surface area contributed by atoms with Gasteiger partial charge in [-0.15, -0.1) is 11.3 Å². The van der Waals surface area contributed by atoms with Crippen molar-refractivity contribution in [2.45, 2.75) is 26.7 Å². The summed E-state index contributed by atoms with van der Waals surface area (Å²) in [5.74, 6) is 0. The molecule has 0 aliphatic rings. The van der Waals surface area contributed by atoms with Crippen molar-refractivity contribution in [3.63, 3.8) is 0 Å². The molecule has 0 atom stereocenters. The molecule has 0 fully saturated rings. The van der Waals surface area contributed by atoms with Crippen LogP contribution in [0.2, 0.25) is 0 Å². The van der Waals surface area contributed by atoms with E-state index in [1.807, 2.05) is 11.3 Å². The topological polar surface area (TPSA) is 0 Å². The molecule has 1 heterocycles. The number of thiophene rings is 1. The summed E-state index contributed by atoms with van der Waals surface area (Å²) in [6, 6.07) is 6.83. The summed E-state index contributed by atoms with van der Waals surface area (Å²) >= 11 is 1.87. The van der Waals surface area contributed by atoms with E-state index in [0.29, 0.717) is 0 Å². The quantitative estimate of drug-likeness (QED) is 0.670. The summed E-state index contributed by atoms with van der Waals surface area (Å²) in [5.41, 5.74) is 2.93. The standard InChI is InChI=1S/C12H14S/c1-3-9-5-6-11-10(4-2)8-13-12(11)7-9/h5-8H,3-4H2,1-2H3. The Morgan fingerprint density at radius 1 is 1.15 bits per heavy atom. The molecule has 1 aromatic carbocycles. The van der Waals surface area contributed by atoms with Gasteiger partial charge in [0.1, 0.15) is 0 Å². The van der Waals surface area contributed by atoms with Crippen LogP contribution in [-0.4, -0.2) is 0 Å². The van der Waals surface area contributed by atoms with Crippen LogP contribution >= 0.6 is 11.3 Å². The van der Waals surface area contributed by atoms with Gasteiger partial charge in [0, 0.05) is 4.70 Å². The molecule has 0 nitrogen and oxygen atoms in total. The molecule has 0 N–H and O–H groups in total. The Morgan fingerprint density at radius 3 is 2.69 bits per heavy atom. The summed E-state index contributed by atoms with van der Waals surface area (Å²) in [7, 11) is 0. The number of aryl methyl sites for hydroxylation is 2. The van der Waals surface area contributed by atoms with Crippen molar-refractivity contribution < 1.29 is 0 Å². The maximum Gasteiger partial charge on any atom is 0.0348 e. The lowest BCUT2D eigenvalue weighted by atomic mass is 10.1. The van der Waals surface area contributed by atoms with Crippen LogP contribution in [0.5, 0.6) is 0 Å². The molecule has 13 heavy (non-hydrogen) atoms. The lowest BCUT2D eigenvalue weighted by molar-refractivity contribution is 1.14. The predicted octanol–water partition coefficient (Wildman–Crippen LogP) is 4.03. The fourth-order valence-corrected chi connectivity index (χ4v) is 2.73. The number of fused-ring (bicyclic) bond motifs is 1. The van der Waals surface area contributed by atoms with Crippen LogP contribution in [0.15, 0.2) is 23.6 Å². The van der Waals surface area contributed by atoms with Gasteiger partial charge in [0.2, 0.25) is 0 Å². The molecule has 0 saturated carbocycles. The maximum atomic E-state index is 2.32. The van der Waals surface area contributed by atoms with Crippen molar-refractivity contribution in [2.24, 2.45) is 0 Å². The van der Waals surface area contributed by atoms with E-state index in [0.717, 1.165) is 12.8 Å². The monoisotopic (exact) mass is 190 g/mol. The summed E-state index contributed by atoms with van der Waals surface area (Å²) in [5, 5.41) is 3.73. The van der Waals surface area contributed by atoms with Crippen LogP contribution in [0.3, 0.4) is 0 Å². The number of benzene rings is 1. The third kappa shape index (κ3) is 1.49. The smallest absolute Gasteiger partial charge is 0.0348 e. The fourth-order valence-electron chi connectivity index (χ4n) is 1.62. The van der Waals surface area contributed by atoms with E-state index < -0.39 is 0 Å². The fraction of sp³-hybridized carbons (Fsp3) is 0.333. The van der Waals surface area contributed by atoms with Gasteiger partial charge in [0.05, 0.1) is 0 Å². The maximum absolute atomic E-state index is 2.32. The van der Waals surface area contributed by atoms with E-state index >= 15 is 0 Å². The van der Waals surface area contributed by atoms with Crippen LogP contribution in [0, 0.1) is 0 Å². The molecule has 0 unspecified atom stereocenters. The van der Waals surface area contributed by atoms with Gasteiger partial charge in [-0.2, -0.15) is 0 Å². The lowest BCUT2D eigenvalue weighted by Crippen LogP contribution is -1.79. The van der Waals surface area contributed by atoms with E-state index in [2.05, 4.69) is 37.4 Å². The normalized spacial score (nSPS) is 10.9. The first-order valence-corrected chi connectivity index (χ1v) is 5.72. The first-order chi connectivity index (χ1) is 6.35. The second kappa shape index (κ2) is 3.51. The second-order valence-electron chi connectivity index (χ2n) is 3.30. The van der Waals surface area contributed by atoms with Crippen molar-refractivity contribution in [1.29, 1.82) is 0 Å². The highest BCUT2D eigenvalue weighted by atomic mass is 32.1. The van der Waals surface area contributed by atoms with E-state index in [1.54, 1.807) is 0 Å². The van der Waals surface area contributed by atoms with Gasteiger partial charge in [-0.05, 0) is 40.8 Å². The number of rotatable bonds is 2. The summed E-state index contributed by atoms with van der Waals surface area (Å²) in [6.45, 7) is 4.42. The van der Waals surface area contributed by atoms with E-state index in [9.17, 15) is 0 Å². The van der Waals surface area contributed by atoms with Gasteiger partial charge in [0.15, 0.2) is 0 Å². The highest BCUT2D eigenvalue weighted by Gasteiger charge is 2.01. The summed E-state index contributed by atoms with van der Waals surface area (Å²) in [4.78, 5) is 0. The van der Waals surface area contributed by atoms with Crippen molar-refractivity contribution in [1.82, 2.24) is 0 Å². The molecule has 0 aliphatic heterocycles. The molecule has 0 radical (unpaired) electrons. The van der Waals surface area contributed by atoms with Crippen LogP contribution < -0.4 is 0 Å². The van der Waals surface area contributed by atoms with Gasteiger partial charge in [-0.3, -0.25) is 0 Å². The minimum absolute atomic E-state index is 1.13. The molecule has 1 heteroatoms. The zero-order valence-electron chi connectivity index (χ0n) is 8.13. The zero-order valence-corrected chi connectivity index (χ0v) is 8.95.